The van der Waals surface area contributed by atoms with Crippen molar-refractivity contribution >= 4 is 28.9 Å². The standard InChI is InChI=1S/C14H17Cl2N3/c1-9(2)19-8-12(7-17-19)18-10(3)13-6-11(15)4-5-14(13)16/h4-10,18H,1-3H3. The first-order chi connectivity index (χ1) is 8.97. The lowest BCUT2D eigenvalue weighted by Gasteiger charge is -2.16. The van der Waals surface area contributed by atoms with Gasteiger partial charge in [-0.2, -0.15) is 5.10 Å². The van der Waals surface area contributed by atoms with E-state index < -0.39 is 0 Å². The van der Waals surface area contributed by atoms with E-state index in [-0.39, 0.29) is 6.04 Å². The number of hydrogen-bond acceptors (Lipinski definition) is 2. The van der Waals surface area contributed by atoms with Gasteiger partial charge in [-0.05, 0) is 44.5 Å². The van der Waals surface area contributed by atoms with Crippen LogP contribution in [0.3, 0.4) is 0 Å². The molecule has 0 aliphatic carbocycles. The van der Waals surface area contributed by atoms with Gasteiger partial charge in [-0.1, -0.05) is 23.2 Å². The van der Waals surface area contributed by atoms with E-state index in [4.69, 9.17) is 23.2 Å². The molecule has 102 valence electrons. The Kier molecular flexibility index (Phi) is 4.38. The second-order valence-electron chi connectivity index (χ2n) is 4.83. The smallest absolute Gasteiger partial charge is 0.0731 e. The molecule has 1 aromatic heterocycles. The summed E-state index contributed by atoms with van der Waals surface area (Å²) in [6.45, 7) is 6.23. The Hall–Kier alpha value is -1.19. The van der Waals surface area contributed by atoms with E-state index in [1.165, 1.54) is 0 Å². The van der Waals surface area contributed by atoms with Crippen LogP contribution in [0.25, 0.3) is 0 Å². The quantitative estimate of drug-likeness (QED) is 0.866. The lowest BCUT2D eigenvalue weighted by molar-refractivity contribution is 0.532. The summed E-state index contributed by atoms with van der Waals surface area (Å²) in [6.07, 6.45) is 3.80. The van der Waals surface area contributed by atoms with Crippen LogP contribution in [0, 0.1) is 0 Å². The molecule has 1 unspecified atom stereocenters. The molecule has 1 heterocycles. The van der Waals surface area contributed by atoms with E-state index in [1.54, 1.807) is 6.07 Å². The fourth-order valence-corrected chi connectivity index (χ4v) is 2.33. The summed E-state index contributed by atoms with van der Waals surface area (Å²) in [4.78, 5) is 0. The van der Waals surface area contributed by atoms with Gasteiger partial charge in [-0.25, -0.2) is 0 Å². The van der Waals surface area contributed by atoms with Crippen molar-refractivity contribution in [2.75, 3.05) is 5.32 Å². The van der Waals surface area contributed by atoms with Gasteiger partial charge in [-0.3, -0.25) is 4.68 Å². The molecule has 0 aliphatic rings. The highest BCUT2D eigenvalue weighted by Gasteiger charge is 2.11. The zero-order valence-corrected chi connectivity index (χ0v) is 12.7. The molecule has 0 radical (unpaired) electrons. The van der Waals surface area contributed by atoms with Crippen molar-refractivity contribution in [2.45, 2.75) is 32.9 Å². The molecule has 0 saturated carbocycles. The fraction of sp³-hybridized carbons (Fsp3) is 0.357. The maximum atomic E-state index is 6.19. The minimum Gasteiger partial charge on any atom is -0.376 e. The number of nitrogens with zero attached hydrogens (tertiary/aromatic N) is 2. The largest absolute Gasteiger partial charge is 0.376 e. The minimum atomic E-state index is 0.0658. The molecular formula is C14H17Cl2N3. The Bertz CT molecular complexity index is 564. The Morgan fingerprint density at radius 1 is 1.21 bits per heavy atom. The van der Waals surface area contributed by atoms with E-state index >= 15 is 0 Å². The monoisotopic (exact) mass is 297 g/mol. The highest BCUT2D eigenvalue weighted by atomic mass is 35.5. The molecule has 2 rings (SSSR count). The first-order valence-corrected chi connectivity index (χ1v) is 6.98. The van der Waals surface area contributed by atoms with Crippen LogP contribution in [0.1, 0.15) is 38.4 Å². The Morgan fingerprint density at radius 2 is 1.95 bits per heavy atom. The molecule has 3 nitrogen and oxygen atoms in total. The summed E-state index contributed by atoms with van der Waals surface area (Å²) in [7, 11) is 0. The zero-order chi connectivity index (χ0) is 14.0. The molecule has 19 heavy (non-hydrogen) atoms. The molecule has 0 bridgehead atoms. The highest BCUT2D eigenvalue weighted by molar-refractivity contribution is 6.33. The molecule has 1 N–H and O–H groups in total. The van der Waals surface area contributed by atoms with Gasteiger partial charge in [0.05, 0.1) is 17.9 Å². The lowest BCUT2D eigenvalue weighted by atomic mass is 10.1. The molecule has 0 amide bonds. The van der Waals surface area contributed by atoms with Crippen LogP contribution >= 0.6 is 23.2 Å². The predicted octanol–water partition coefficient (Wildman–Crippen LogP) is 4.94. The number of anilines is 1. The van der Waals surface area contributed by atoms with Gasteiger partial charge >= 0.3 is 0 Å². The minimum absolute atomic E-state index is 0.0658. The van der Waals surface area contributed by atoms with Crippen molar-refractivity contribution in [1.29, 1.82) is 0 Å². The van der Waals surface area contributed by atoms with Crippen molar-refractivity contribution < 1.29 is 0 Å². The van der Waals surface area contributed by atoms with Crippen LogP contribution in [0.15, 0.2) is 30.6 Å². The number of aromatic nitrogens is 2. The molecular weight excluding hydrogens is 281 g/mol. The van der Waals surface area contributed by atoms with Crippen LogP contribution in [0.2, 0.25) is 10.0 Å². The van der Waals surface area contributed by atoms with E-state index in [0.29, 0.717) is 16.1 Å². The summed E-state index contributed by atoms with van der Waals surface area (Å²) < 4.78 is 1.91. The Morgan fingerprint density at radius 3 is 2.58 bits per heavy atom. The van der Waals surface area contributed by atoms with Gasteiger partial charge in [0.2, 0.25) is 0 Å². The van der Waals surface area contributed by atoms with Gasteiger partial charge in [0.25, 0.3) is 0 Å². The van der Waals surface area contributed by atoms with Gasteiger partial charge in [0, 0.05) is 22.3 Å². The molecule has 1 aromatic carbocycles. The number of benzene rings is 1. The average molecular weight is 298 g/mol. The SMILES string of the molecule is CC(Nc1cnn(C(C)C)c1)c1cc(Cl)ccc1Cl. The van der Waals surface area contributed by atoms with Crippen molar-refractivity contribution in [3.05, 3.63) is 46.2 Å². The first kappa shape index (κ1) is 14.2. The summed E-state index contributed by atoms with van der Waals surface area (Å²) in [5, 5.41) is 9.07. The van der Waals surface area contributed by atoms with Gasteiger partial charge in [0.1, 0.15) is 0 Å². The van der Waals surface area contributed by atoms with Crippen LogP contribution in [0.4, 0.5) is 5.69 Å². The molecule has 5 heteroatoms. The highest BCUT2D eigenvalue weighted by Crippen LogP contribution is 2.28. The van der Waals surface area contributed by atoms with Crippen molar-refractivity contribution in [1.82, 2.24) is 9.78 Å². The molecule has 2 aromatic rings. The molecule has 0 aliphatic heterocycles. The summed E-state index contributed by atoms with van der Waals surface area (Å²) in [5.41, 5.74) is 1.95. The van der Waals surface area contributed by atoms with Crippen LogP contribution < -0.4 is 5.32 Å². The number of rotatable bonds is 4. The zero-order valence-electron chi connectivity index (χ0n) is 11.2. The molecule has 0 fully saturated rings. The van der Waals surface area contributed by atoms with Gasteiger partial charge < -0.3 is 5.32 Å². The molecule has 0 saturated heterocycles. The summed E-state index contributed by atoms with van der Waals surface area (Å²) in [5.74, 6) is 0. The van der Waals surface area contributed by atoms with Crippen LogP contribution in [-0.4, -0.2) is 9.78 Å². The van der Waals surface area contributed by atoms with Gasteiger partial charge in [0.15, 0.2) is 0 Å². The van der Waals surface area contributed by atoms with Crippen molar-refractivity contribution in [3.63, 3.8) is 0 Å². The first-order valence-electron chi connectivity index (χ1n) is 6.23. The lowest BCUT2D eigenvalue weighted by Crippen LogP contribution is -2.07. The third-order valence-electron chi connectivity index (χ3n) is 2.94. The topological polar surface area (TPSA) is 29.9 Å². The number of hydrogen-bond donors (Lipinski definition) is 1. The second kappa shape index (κ2) is 5.85. The summed E-state index contributed by atoms with van der Waals surface area (Å²) >= 11 is 12.2. The Labute approximate surface area is 123 Å². The van der Waals surface area contributed by atoms with E-state index in [0.717, 1.165) is 11.3 Å². The second-order valence-corrected chi connectivity index (χ2v) is 5.68. The van der Waals surface area contributed by atoms with Crippen LogP contribution in [-0.2, 0) is 0 Å². The van der Waals surface area contributed by atoms with Gasteiger partial charge in [-0.15, -0.1) is 0 Å². The van der Waals surface area contributed by atoms with Crippen molar-refractivity contribution in [2.24, 2.45) is 0 Å². The third-order valence-corrected chi connectivity index (χ3v) is 3.52. The average Bonchev–Trinajstić information content (AvgIpc) is 2.80. The molecule has 0 spiro atoms. The number of nitrogens with one attached hydrogen (secondary N) is 1. The maximum absolute atomic E-state index is 6.19. The fourth-order valence-electron chi connectivity index (χ4n) is 1.87. The van der Waals surface area contributed by atoms with Crippen LogP contribution in [0.5, 0.6) is 0 Å². The maximum Gasteiger partial charge on any atom is 0.0731 e. The third kappa shape index (κ3) is 3.43. The van der Waals surface area contributed by atoms with E-state index in [9.17, 15) is 0 Å². The van der Waals surface area contributed by atoms with Crippen molar-refractivity contribution in [3.8, 4) is 0 Å². The normalized spacial score (nSPS) is 12.7. The summed E-state index contributed by atoms with van der Waals surface area (Å²) in [6, 6.07) is 5.90. The van der Waals surface area contributed by atoms with E-state index in [1.807, 2.05) is 36.1 Å². The Balaban J connectivity index is 2.15. The number of halogens is 2. The predicted molar refractivity (Wildman–Crippen MR) is 81.1 cm³/mol. The molecule has 1 atom stereocenters. The van der Waals surface area contributed by atoms with E-state index in [2.05, 4.69) is 24.3 Å².